The summed E-state index contributed by atoms with van der Waals surface area (Å²) in [5.41, 5.74) is 19.9. The molecular weight excluding hydrogens is 1820 g/mol. The highest BCUT2D eigenvalue weighted by molar-refractivity contribution is 9.12. The lowest BCUT2D eigenvalue weighted by molar-refractivity contribution is 0.1000. The van der Waals surface area contributed by atoms with Crippen LogP contribution in [0.1, 0.15) is 32.6 Å². The Labute approximate surface area is 705 Å². The normalized spacial score (nSPS) is 10.7. The van der Waals surface area contributed by atoms with E-state index in [0.717, 1.165) is 113 Å². The lowest BCUT2D eigenvalue weighted by Gasteiger charge is -2.11. The molecule has 10 heterocycles. The molecule has 0 saturated carbocycles. The number of thioether (sulfide) groups is 1. The maximum Gasteiger partial charge on any atom is 0.248 e. The largest absolute Gasteiger partial charge is 0.366 e. The molecule has 0 spiro atoms. The maximum atomic E-state index is 11.0. The molecule has 0 aliphatic heterocycles. The minimum absolute atomic E-state index is 0.451. The predicted octanol–water partition coefficient (Wildman–Crippen LogP) is 24.1. The van der Waals surface area contributed by atoms with Gasteiger partial charge in [0.25, 0.3) is 0 Å². The molecule has 558 valence electrons. The van der Waals surface area contributed by atoms with Gasteiger partial charge in [0.2, 0.25) is 35.6 Å². The number of carbonyl (C=O) groups is 1. The molecule has 0 bridgehead atoms. The number of primary amides is 1. The van der Waals surface area contributed by atoms with E-state index in [-0.39, 0.29) is 0 Å². The lowest BCUT2D eigenvalue weighted by atomic mass is 10.1. The number of aryl methyl sites for hydroxylation is 2. The van der Waals surface area contributed by atoms with Crippen molar-refractivity contribution in [2.45, 2.75) is 31.8 Å². The molecule has 15 rings (SSSR count). The van der Waals surface area contributed by atoms with Crippen molar-refractivity contribution in [2.24, 2.45) is 5.73 Å². The van der Waals surface area contributed by atoms with Gasteiger partial charge in [-0.05, 0) is 320 Å². The first kappa shape index (κ1) is 82.1. The molecular formula is C80H71Br5N18OS6. The molecule has 0 atom stereocenters. The van der Waals surface area contributed by atoms with Crippen LogP contribution >= 0.6 is 148 Å². The van der Waals surface area contributed by atoms with Crippen LogP contribution in [0.15, 0.2) is 261 Å². The van der Waals surface area contributed by atoms with Crippen LogP contribution in [0.5, 0.6) is 0 Å². The molecule has 30 heteroatoms. The van der Waals surface area contributed by atoms with E-state index in [9.17, 15) is 4.79 Å². The van der Waals surface area contributed by atoms with Gasteiger partial charge in [0.15, 0.2) is 0 Å². The molecule has 0 aliphatic rings. The summed E-state index contributed by atoms with van der Waals surface area (Å²) < 4.78 is 5.44. The zero-order chi connectivity index (χ0) is 77.5. The molecule has 10 aromatic heterocycles. The molecule has 1 amide bonds. The summed E-state index contributed by atoms with van der Waals surface area (Å²) in [6.45, 7) is 6.00. The number of aromatic nitrogens is 10. The zero-order valence-corrected chi connectivity index (χ0v) is 73.0. The quantitative estimate of drug-likeness (QED) is 0.0367. The first-order valence-corrected chi connectivity index (χ1v) is 42.8. The monoisotopic (exact) mass is 1890 g/mol. The Kier molecular flexibility index (Phi) is 30.5. The standard InChI is InChI=1S/2C17H17BrN4S.C16H14BrN3S.C15H11BrN4OS.C15H12BrN3S2/c1-22(2)11-12-3-5-13(6-4-12)20-17-19-10-9-14(21-17)15-7-8-16(18)23-15;1-22(2)11-12-4-3-5-13(10-12)20-17-19-9-8-14(21-17)15-6-7-16(18)23-15;1-10-7-11(2)9-12(8-10)19-16-18-6-5-13(20-16)14-3-4-15(17)21-14;16-13-6-5-12(22-13)11-7-8-18-15(20-11)19-10-3-1-9(2-4-10)14(17)21;1-20-11-4-2-3-10(9-11)18-15-17-8-7-12(19-15)13-5-6-14(16)21-13/h2*3-10H,11H2,1-2H3,(H,19,20,21);3-9H,1-2H3,(H,18,19,20);1-8H,(H2,17,21)(H,18,19,20);2-9H,1H3,(H,17,18,19). The number of nitrogens with zero attached hydrogens (tertiary/aromatic N) is 12. The molecule has 110 heavy (non-hydrogen) atoms. The summed E-state index contributed by atoms with van der Waals surface area (Å²) in [6.07, 6.45) is 10.9. The van der Waals surface area contributed by atoms with E-state index in [4.69, 9.17) is 5.73 Å². The molecule has 0 unspecified atom stereocenters. The number of carbonyl (C=O) groups excluding carboxylic acids is 1. The highest BCUT2D eigenvalue weighted by Gasteiger charge is 2.13. The van der Waals surface area contributed by atoms with Crippen molar-refractivity contribution in [1.82, 2.24) is 59.6 Å². The molecule has 7 N–H and O–H groups in total. The number of hydrogen-bond acceptors (Lipinski definition) is 24. The van der Waals surface area contributed by atoms with Crippen LogP contribution in [0.4, 0.5) is 58.2 Å². The molecule has 0 fully saturated rings. The van der Waals surface area contributed by atoms with Crippen molar-refractivity contribution in [1.29, 1.82) is 0 Å². The third kappa shape index (κ3) is 25.9. The van der Waals surface area contributed by atoms with Gasteiger partial charge < -0.3 is 42.1 Å². The van der Waals surface area contributed by atoms with Gasteiger partial charge >= 0.3 is 0 Å². The number of anilines is 10. The van der Waals surface area contributed by atoms with Crippen molar-refractivity contribution in [2.75, 3.05) is 61.0 Å². The summed E-state index contributed by atoms with van der Waals surface area (Å²) in [6, 6.07) is 67.8. The van der Waals surface area contributed by atoms with Crippen molar-refractivity contribution in [3.8, 4) is 52.9 Å². The summed E-state index contributed by atoms with van der Waals surface area (Å²) in [5.74, 6) is 2.47. The fraction of sp³-hybridized carbons (Fsp3) is 0.113. The fourth-order valence-electron chi connectivity index (χ4n) is 10.3. The van der Waals surface area contributed by atoms with Crippen molar-refractivity contribution in [3.63, 3.8) is 0 Å². The second-order valence-electron chi connectivity index (χ2n) is 24.4. The van der Waals surface area contributed by atoms with Crippen molar-refractivity contribution >= 4 is 212 Å². The van der Waals surface area contributed by atoms with Gasteiger partial charge in [-0.1, -0.05) is 36.4 Å². The molecule has 0 saturated heterocycles. The molecule has 0 radical (unpaired) electrons. The van der Waals surface area contributed by atoms with Gasteiger partial charge in [-0.2, -0.15) is 0 Å². The predicted molar refractivity (Wildman–Crippen MR) is 478 cm³/mol. The smallest absolute Gasteiger partial charge is 0.248 e. The van der Waals surface area contributed by atoms with Crippen LogP contribution in [0.25, 0.3) is 52.9 Å². The van der Waals surface area contributed by atoms with E-state index in [0.29, 0.717) is 35.3 Å². The second kappa shape index (κ2) is 40.9. The Balaban J connectivity index is 0.000000136. The van der Waals surface area contributed by atoms with Crippen molar-refractivity contribution < 1.29 is 4.79 Å². The van der Waals surface area contributed by atoms with E-state index >= 15 is 0 Å². The number of nitrogens with one attached hydrogen (secondary N) is 5. The van der Waals surface area contributed by atoms with Gasteiger partial charge in [0.05, 0.1) is 71.8 Å². The SMILES string of the molecule is CN(C)Cc1ccc(Nc2nccc(-c3ccc(Br)s3)n2)cc1.CN(C)Cc1cccc(Nc2nccc(-c3ccc(Br)s3)n2)c1.CSc1cccc(Nc2nccc(-c3ccc(Br)s3)n2)c1.Cc1cc(C)cc(Nc2nccc(-c3ccc(Br)s3)n2)c1.NC(=O)c1ccc(Nc2nccc(-c3ccc(Br)s3)n2)cc1. The Morgan fingerprint density at radius 3 is 1.01 bits per heavy atom. The number of thiophene rings is 5. The summed E-state index contributed by atoms with van der Waals surface area (Å²) in [7, 11) is 8.25. The second-order valence-corrected chi connectivity index (χ2v) is 37.6. The molecule has 0 aliphatic carbocycles. The van der Waals surface area contributed by atoms with Gasteiger partial charge in [-0.3, -0.25) is 4.79 Å². The fourth-order valence-corrected chi connectivity index (χ4v) is 17.6. The minimum Gasteiger partial charge on any atom is -0.366 e. The number of amides is 1. The van der Waals surface area contributed by atoms with Crippen LogP contribution in [0.2, 0.25) is 0 Å². The third-order valence-electron chi connectivity index (χ3n) is 15.0. The van der Waals surface area contributed by atoms with Crippen LogP contribution in [-0.4, -0.2) is 100.0 Å². The van der Waals surface area contributed by atoms with Gasteiger partial charge in [0, 0.05) is 83.0 Å². The Hall–Kier alpha value is -8.86. The first-order valence-electron chi connectivity index (χ1n) is 33.5. The first-order chi connectivity index (χ1) is 53.1. The molecule has 5 aromatic carbocycles. The van der Waals surface area contributed by atoms with Gasteiger partial charge in [-0.25, -0.2) is 49.8 Å². The average Bonchev–Trinajstić information content (AvgIpc) is 1.56. The van der Waals surface area contributed by atoms with E-state index in [1.807, 2.05) is 91.0 Å². The van der Waals surface area contributed by atoms with E-state index in [2.05, 4.69) is 305 Å². The molecule has 19 nitrogen and oxygen atoms in total. The summed E-state index contributed by atoms with van der Waals surface area (Å²) in [4.78, 5) is 66.3. The summed E-state index contributed by atoms with van der Waals surface area (Å²) in [5, 5.41) is 16.2. The highest BCUT2D eigenvalue weighted by atomic mass is 79.9. The summed E-state index contributed by atoms with van der Waals surface area (Å²) >= 11 is 27.3. The van der Waals surface area contributed by atoms with Crippen LogP contribution in [-0.2, 0) is 13.1 Å². The number of halogens is 5. The zero-order valence-electron chi connectivity index (χ0n) is 60.1. The third-order valence-corrected chi connectivity index (χ3v) is 24.0. The topological polar surface area (TPSA) is 239 Å². The number of nitrogens with two attached hydrogens (primary N) is 1. The average molecular weight is 1890 g/mol. The Morgan fingerprint density at radius 1 is 0.364 bits per heavy atom. The number of hydrogen-bond donors (Lipinski definition) is 6. The molecule has 15 aromatic rings. The van der Waals surface area contributed by atoms with Crippen LogP contribution in [0.3, 0.4) is 0 Å². The van der Waals surface area contributed by atoms with Gasteiger partial charge in [-0.15, -0.1) is 68.4 Å². The minimum atomic E-state index is -0.451. The Bertz CT molecular complexity index is 5480. The number of benzene rings is 5. The van der Waals surface area contributed by atoms with E-state index in [1.165, 1.54) is 27.1 Å². The highest BCUT2D eigenvalue weighted by Crippen LogP contribution is 2.36. The van der Waals surface area contributed by atoms with Gasteiger partial charge in [0.1, 0.15) is 0 Å². The lowest BCUT2D eigenvalue weighted by Crippen LogP contribution is -2.10. The van der Waals surface area contributed by atoms with Crippen LogP contribution < -0.4 is 32.3 Å². The van der Waals surface area contributed by atoms with Crippen molar-refractivity contribution in [3.05, 3.63) is 284 Å². The van der Waals surface area contributed by atoms with E-state index < -0.39 is 5.91 Å². The van der Waals surface area contributed by atoms with Crippen LogP contribution in [0, 0.1) is 13.8 Å². The maximum absolute atomic E-state index is 11.0. The number of rotatable bonds is 21. The van der Waals surface area contributed by atoms with E-state index in [1.54, 1.807) is 124 Å². The Morgan fingerprint density at radius 2 is 0.682 bits per heavy atom.